The molecule has 0 atom stereocenters. The van der Waals surface area contributed by atoms with Crippen molar-refractivity contribution in [1.82, 2.24) is 14.6 Å². The summed E-state index contributed by atoms with van der Waals surface area (Å²) in [7, 11) is 0. The van der Waals surface area contributed by atoms with E-state index in [0.29, 0.717) is 12.1 Å². The Morgan fingerprint density at radius 1 is 1.15 bits per heavy atom. The van der Waals surface area contributed by atoms with Gasteiger partial charge in [-0.2, -0.15) is 9.61 Å². The number of hydrogen-bond donors (Lipinski definition) is 1. The topological polar surface area (TPSA) is 42.2 Å². The summed E-state index contributed by atoms with van der Waals surface area (Å²) in [5.41, 5.74) is 2.43. The van der Waals surface area contributed by atoms with Gasteiger partial charge in [-0.3, -0.25) is 0 Å². The first-order chi connectivity index (χ1) is 9.63. The van der Waals surface area contributed by atoms with Gasteiger partial charge < -0.3 is 5.32 Å². The lowest BCUT2D eigenvalue weighted by molar-refractivity contribution is 0.507. The van der Waals surface area contributed by atoms with Crippen molar-refractivity contribution in [2.24, 2.45) is 0 Å². The number of nitrogens with zero attached hydrogens (tertiary/aromatic N) is 3. The second-order valence-corrected chi connectivity index (χ2v) is 4.55. The molecule has 3 aromatic rings. The summed E-state index contributed by atoms with van der Waals surface area (Å²) in [4.78, 5) is 4.12. The Morgan fingerprint density at radius 3 is 2.80 bits per heavy atom. The maximum absolute atomic E-state index is 13.1. The molecular weight excluding hydrogens is 262 g/mol. The van der Waals surface area contributed by atoms with Crippen LogP contribution >= 0.6 is 0 Å². The van der Waals surface area contributed by atoms with Gasteiger partial charge >= 0.3 is 0 Å². The molecule has 0 unspecified atom stereocenters. The molecule has 0 fully saturated rings. The monoisotopic (exact) mass is 274 g/mol. The zero-order chi connectivity index (χ0) is 14.1. The lowest BCUT2D eigenvalue weighted by Crippen LogP contribution is -2.06. The van der Waals surface area contributed by atoms with Crippen LogP contribution in [-0.2, 0) is 6.54 Å². The van der Waals surface area contributed by atoms with E-state index in [1.165, 1.54) is 12.4 Å². The Kier molecular flexibility index (Phi) is 3.06. The standard InChI is InChI=1S/C14H12F2N4/c1-9-4-13(20-14(5-9)18-8-19-20)17-7-10-2-3-11(15)12(16)6-10/h2-6,8,17H,7H2,1H3. The Hall–Kier alpha value is -2.50. The molecule has 20 heavy (non-hydrogen) atoms. The van der Waals surface area contributed by atoms with E-state index in [2.05, 4.69) is 15.4 Å². The molecule has 0 saturated carbocycles. The molecule has 0 radical (unpaired) electrons. The number of pyridine rings is 1. The molecule has 1 N–H and O–H groups in total. The second-order valence-electron chi connectivity index (χ2n) is 4.55. The predicted octanol–water partition coefficient (Wildman–Crippen LogP) is 2.93. The first-order valence-electron chi connectivity index (χ1n) is 6.12. The Morgan fingerprint density at radius 2 is 2.00 bits per heavy atom. The third-order valence-electron chi connectivity index (χ3n) is 2.98. The van der Waals surface area contributed by atoms with Crippen molar-refractivity contribution in [3.63, 3.8) is 0 Å². The third kappa shape index (κ3) is 2.32. The highest BCUT2D eigenvalue weighted by molar-refractivity contribution is 5.51. The van der Waals surface area contributed by atoms with E-state index in [0.717, 1.165) is 23.1 Å². The summed E-state index contributed by atoms with van der Waals surface area (Å²) in [6.07, 6.45) is 1.47. The quantitative estimate of drug-likeness (QED) is 0.798. The maximum atomic E-state index is 13.1. The maximum Gasteiger partial charge on any atom is 0.159 e. The fourth-order valence-corrected chi connectivity index (χ4v) is 2.02. The van der Waals surface area contributed by atoms with Gasteiger partial charge in [-0.25, -0.2) is 13.8 Å². The van der Waals surface area contributed by atoms with Crippen LogP contribution in [0, 0.1) is 18.6 Å². The molecule has 0 spiro atoms. The second kappa shape index (κ2) is 4.88. The van der Waals surface area contributed by atoms with Crippen molar-refractivity contribution >= 4 is 11.5 Å². The summed E-state index contributed by atoms with van der Waals surface area (Å²) >= 11 is 0. The number of aromatic nitrogens is 3. The molecule has 4 nitrogen and oxygen atoms in total. The normalized spacial score (nSPS) is 10.9. The van der Waals surface area contributed by atoms with E-state index in [1.807, 2.05) is 19.1 Å². The van der Waals surface area contributed by atoms with E-state index >= 15 is 0 Å². The lowest BCUT2D eigenvalue weighted by atomic mass is 10.2. The van der Waals surface area contributed by atoms with Crippen molar-refractivity contribution in [2.75, 3.05) is 5.32 Å². The van der Waals surface area contributed by atoms with E-state index in [1.54, 1.807) is 10.6 Å². The highest BCUT2D eigenvalue weighted by Crippen LogP contribution is 2.15. The van der Waals surface area contributed by atoms with E-state index in [-0.39, 0.29) is 0 Å². The van der Waals surface area contributed by atoms with Crippen molar-refractivity contribution in [1.29, 1.82) is 0 Å². The van der Waals surface area contributed by atoms with Gasteiger partial charge in [-0.05, 0) is 42.3 Å². The molecular formula is C14H12F2N4. The van der Waals surface area contributed by atoms with Gasteiger partial charge in [0.05, 0.1) is 0 Å². The van der Waals surface area contributed by atoms with Crippen LogP contribution in [0.15, 0.2) is 36.7 Å². The molecule has 0 aliphatic carbocycles. The van der Waals surface area contributed by atoms with Crippen molar-refractivity contribution in [3.05, 3.63) is 59.4 Å². The van der Waals surface area contributed by atoms with Gasteiger partial charge in [0.15, 0.2) is 17.3 Å². The van der Waals surface area contributed by atoms with Gasteiger partial charge in [0, 0.05) is 6.54 Å². The smallest absolute Gasteiger partial charge is 0.159 e. The van der Waals surface area contributed by atoms with Crippen LogP contribution < -0.4 is 5.32 Å². The van der Waals surface area contributed by atoms with Crippen molar-refractivity contribution in [2.45, 2.75) is 13.5 Å². The van der Waals surface area contributed by atoms with Gasteiger partial charge in [0.1, 0.15) is 12.1 Å². The fourth-order valence-electron chi connectivity index (χ4n) is 2.02. The molecule has 6 heteroatoms. The Balaban J connectivity index is 1.86. The molecule has 2 aromatic heterocycles. The van der Waals surface area contributed by atoms with Gasteiger partial charge in [-0.1, -0.05) is 6.07 Å². The summed E-state index contributed by atoms with van der Waals surface area (Å²) in [6, 6.07) is 7.67. The molecule has 0 aliphatic heterocycles. The highest BCUT2D eigenvalue weighted by atomic mass is 19.2. The number of rotatable bonds is 3. The Bertz CT molecular complexity index is 767. The highest BCUT2D eigenvalue weighted by Gasteiger charge is 2.06. The number of fused-ring (bicyclic) bond motifs is 1. The first-order valence-corrected chi connectivity index (χ1v) is 6.12. The molecule has 0 saturated heterocycles. The number of halogens is 2. The molecule has 0 aliphatic rings. The fraction of sp³-hybridized carbons (Fsp3) is 0.143. The largest absolute Gasteiger partial charge is 0.366 e. The van der Waals surface area contributed by atoms with Crippen LogP contribution in [-0.4, -0.2) is 14.6 Å². The zero-order valence-electron chi connectivity index (χ0n) is 10.8. The van der Waals surface area contributed by atoms with Crippen molar-refractivity contribution < 1.29 is 8.78 Å². The summed E-state index contributed by atoms with van der Waals surface area (Å²) in [6.45, 7) is 2.33. The summed E-state index contributed by atoms with van der Waals surface area (Å²) in [5, 5.41) is 7.26. The van der Waals surface area contributed by atoms with Crippen LogP contribution in [0.4, 0.5) is 14.6 Å². The number of nitrogens with one attached hydrogen (secondary N) is 1. The number of benzene rings is 1. The lowest BCUT2D eigenvalue weighted by Gasteiger charge is -2.09. The van der Waals surface area contributed by atoms with Crippen LogP contribution in [0.2, 0.25) is 0 Å². The zero-order valence-corrected chi connectivity index (χ0v) is 10.8. The third-order valence-corrected chi connectivity index (χ3v) is 2.98. The average Bonchev–Trinajstić information content (AvgIpc) is 2.88. The van der Waals surface area contributed by atoms with Crippen LogP contribution in [0.5, 0.6) is 0 Å². The molecule has 102 valence electrons. The SMILES string of the molecule is Cc1cc(NCc2ccc(F)c(F)c2)n2ncnc2c1. The number of anilines is 1. The molecule has 1 aromatic carbocycles. The molecule has 3 rings (SSSR count). The van der Waals surface area contributed by atoms with E-state index in [9.17, 15) is 8.78 Å². The van der Waals surface area contributed by atoms with Gasteiger partial charge in [-0.15, -0.1) is 0 Å². The van der Waals surface area contributed by atoms with Gasteiger partial charge in [0.25, 0.3) is 0 Å². The summed E-state index contributed by atoms with van der Waals surface area (Å²) in [5.74, 6) is -0.940. The minimum atomic E-state index is -0.848. The minimum absolute atomic E-state index is 0.371. The first kappa shape index (κ1) is 12.5. The Labute approximate surface area is 114 Å². The average molecular weight is 274 g/mol. The number of hydrogen-bond acceptors (Lipinski definition) is 3. The van der Waals surface area contributed by atoms with Crippen LogP contribution in [0.3, 0.4) is 0 Å². The van der Waals surface area contributed by atoms with E-state index in [4.69, 9.17) is 0 Å². The molecule has 0 bridgehead atoms. The minimum Gasteiger partial charge on any atom is -0.366 e. The van der Waals surface area contributed by atoms with Crippen LogP contribution in [0.1, 0.15) is 11.1 Å². The molecule has 2 heterocycles. The van der Waals surface area contributed by atoms with Gasteiger partial charge in [0.2, 0.25) is 0 Å². The predicted molar refractivity (Wildman–Crippen MR) is 71.4 cm³/mol. The van der Waals surface area contributed by atoms with Crippen molar-refractivity contribution in [3.8, 4) is 0 Å². The van der Waals surface area contributed by atoms with E-state index < -0.39 is 11.6 Å². The summed E-state index contributed by atoms with van der Waals surface area (Å²) < 4.78 is 27.7. The van der Waals surface area contributed by atoms with Crippen LogP contribution in [0.25, 0.3) is 5.65 Å². The number of aryl methyl sites for hydroxylation is 1. The molecule has 0 amide bonds.